The summed E-state index contributed by atoms with van der Waals surface area (Å²) in [5, 5.41) is 21.1. The molecule has 10 nitrogen and oxygen atoms in total. The van der Waals surface area contributed by atoms with Gasteiger partial charge >= 0.3 is 18.4 Å². The molecule has 47 heavy (non-hydrogen) atoms. The third kappa shape index (κ3) is 6.89. The van der Waals surface area contributed by atoms with Gasteiger partial charge in [-0.2, -0.15) is 26.3 Å². The lowest BCUT2D eigenvalue weighted by Gasteiger charge is -2.32. The van der Waals surface area contributed by atoms with Gasteiger partial charge < -0.3 is 15.5 Å². The molecule has 5 rings (SSSR count). The zero-order chi connectivity index (χ0) is 35.1. The van der Waals surface area contributed by atoms with Crippen LogP contribution in [0.4, 0.5) is 36.8 Å². The van der Waals surface area contributed by atoms with E-state index < -0.39 is 51.4 Å². The molecule has 0 saturated carbocycles. The molecule has 0 saturated heterocycles. The maximum Gasteiger partial charge on any atom is 0.430 e. The molecule has 0 spiro atoms. The van der Waals surface area contributed by atoms with Crippen LogP contribution in [-0.2, 0) is 33.3 Å². The Bertz CT molecular complexity index is 1800. The monoisotopic (exact) mass is 705 g/mol. The maximum absolute atomic E-state index is 13.0. The van der Waals surface area contributed by atoms with Crippen LogP contribution in [0.1, 0.15) is 38.7 Å². The maximum atomic E-state index is 13.0. The summed E-state index contributed by atoms with van der Waals surface area (Å²) >= 11 is 1.48. The number of hydrogen-bond acceptors (Lipinski definition) is 7. The van der Waals surface area contributed by atoms with Gasteiger partial charge in [-0.1, -0.05) is 48.3 Å². The number of amides is 3. The van der Waals surface area contributed by atoms with Gasteiger partial charge in [0.1, 0.15) is 6.04 Å². The zero-order valence-corrected chi connectivity index (χ0v) is 25.9. The number of carbonyl (C=O) groups excluding carboxylic acids is 2. The Morgan fingerprint density at radius 1 is 0.915 bits per heavy atom. The van der Waals surface area contributed by atoms with Gasteiger partial charge in [0, 0.05) is 29.3 Å². The minimum Gasteiger partial charge on any atom is -0.465 e. The van der Waals surface area contributed by atoms with Crippen LogP contribution in [0.15, 0.2) is 71.6 Å². The van der Waals surface area contributed by atoms with Crippen molar-refractivity contribution < 1.29 is 59.4 Å². The van der Waals surface area contributed by atoms with Gasteiger partial charge in [0.15, 0.2) is 9.84 Å². The predicted molar refractivity (Wildman–Crippen MR) is 157 cm³/mol. The van der Waals surface area contributed by atoms with Crippen LogP contribution in [0.2, 0.25) is 0 Å². The quantitative estimate of drug-likeness (QED) is 0.234. The number of aliphatic hydroxyl groups is 1. The molecule has 2 aliphatic rings. The van der Waals surface area contributed by atoms with Crippen molar-refractivity contribution in [2.75, 3.05) is 17.8 Å². The molecule has 2 aliphatic heterocycles. The largest absolute Gasteiger partial charge is 0.465 e. The van der Waals surface area contributed by atoms with Gasteiger partial charge in [-0.15, -0.1) is 0 Å². The van der Waals surface area contributed by atoms with E-state index in [9.17, 15) is 59.4 Å². The fraction of sp³-hybridized carbons (Fsp3) is 0.276. The summed E-state index contributed by atoms with van der Waals surface area (Å²) in [4.78, 5) is 36.6. The Balaban J connectivity index is 0.000000345. The molecular weight excluding hydrogens is 680 g/mol. The molecule has 18 heteroatoms. The van der Waals surface area contributed by atoms with Crippen LogP contribution in [0.3, 0.4) is 0 Å². The Morgan fingerprint density at radius 2 is 1.51 bits per heavy atom. The molecule has 0 radical (unpaired) electrons. The van der Waals surface area contributed by atoms with Crippen molar-refractivity contribution >= 4 is 45.4 Å². The fourth-order valence-corrected chi connectivity index (χ4v) is 6.19. The second-order valence-corrected chi connectivity index (χ2v) is 13.2. The number of alkyl halides is 6. The zero-order valence-electron chi connectivity index (χ0n) is 24.3. The molecule has 0 fully saturated rings. The SMILES string of the molecule is CS(=O)(=O)c1ccc2c(c1)CN(C(=O)O)C2C(=O)Nc1ccc(C(O)(C(F)(F)F)C(F)(F)F)cc1.CSN1Cc2ccccc2C1=O. The van der Waals surface area contributed by atoms with Crippen molar-refractivity contribution in [3.63, 3.8) is 0 Å². The Kier molecular flexibility index (Phi) is 9.63. The first-order valence-electron chi connectivity index (χ1n) is 13.2. The lowest BCUT2D eigenvalue weighted by atomic mass is 9.92. The van der Waals surface area contributed by atoms with Gasteiger partial charge in [0.05, 0.1) is 18.0 Å². The van der Waals surface area contributed by atoms with Crippen LogP contribution in [0.5, 0.6) is 0 Å². The van der Waals surface area contributed by atoms with E-state index >= 15 is 0 Å². The molecule has 0 aliphatic carbocycles. The van der Waals surface area contributed by atoms with Crippen molar-refractivity contribution in [3.05, 3.63) is 94.5 Å². The number of nitrogens with zero attached hydrogens (tertiary/aromatic N) is 2. The lowest BCUT2D eigenvalue weighted by Crippen LogP contribution is -2.53. The average Bonchev–Trinajstić information content (AvgIpc) is 3.53. The first-order chi connectivity index (χ1) is 21.7. The van der Waals surface area contributed by atoms with E-state index in [-0.39, 0.29) is 34.2 Å². The van der Waals surface area contributed by atoms with E-state index in [1.54, 1.807) is 4.31 Å². The van der Waals surface area contributed by atoms with Crippen molar-refractivity contribution in [3.8, 4) is 0 Å². The second kappa shape index (κ2) is 12.7. The van der Waals surface area contributed by atoms with E-state index in [1.165, 1.54) is 30.1 Å². The Hall–Kier alpha value is -4.29. The highest BCUT2D eigenvalue weighted by Crippen LogP contribution is 2.50. The highest BCUT2D eigenvalue weighted by atomic mass is 32.2. The molecule has 0 aromatic heterocycles. The summed E-state index contributed by atoms with van der Waals surface area (Å²) < 4.78 is 103. The first-order valence-corrected chi connectivity index (χ1v) is 16.3. The van der Waals surface area contributed by atoms with Gasteiger partial charge in [0.25, 0.3) is 17.4 Å². The minimum atomic E-state index is -6.09. The summed E-state index contributed by atoms with van der Waals surface area (Å²) in [7, 11) is -3.63. The lowest BCUT2D eigenvalue weighted by molar-refractivity contribution is -0.376. The highest BCUT2D eigenvalue weighted by molar-refractivity contribution is 7.96. The number of benzene rings is 3. The molecule has 0 bridgehead atoms. The minimum absolute atomic E-state index is 0.111. The molecule has 3 aromatic carbocycles. The van der Waals surface area contributed by atoms with Crippen molar-refractivity contribution in [2.45, 2.75) is 42.0 Å². The normalized spacial score (nSPS) is 16.3. The molecule has 252 valence electrons. The smallest absolute Gasteiger partial charge is 0.430 e. The summed E-state index contributed by atoms with van der Waals surface area (Å²) in [6, 6.07) is 11.9. The van der Waals surface area contributed by atoms with Crippen LogP contribution < -0.4 is 5.32 Å². The number of sulfone groups is 1. The van der Waals surface area contributed by atoms with Crippen LogP contribution in [-0.4, -0.2) is 70.6 Å². The summed E-state index contributed by atoms with van der Waals surface area (Å²) in [5.74, 6) is -0.856. The summed E-state index contributed by atoms with van der Waals surface area (Å²) in [6.45, 7) is 0.408. The average molecular weight is 706 g/mol. The number of fused-ring (bicyclic) bond motifs is 2. The van der Waals surface area contributed by atoms with Gasteiger partial charge in [-0.05, 0) is 47.0 Å². The number of rotatable bonds is 5. The summed E-state index contributed by atoms with van der Waals surface area (Å²) in [5.41, 5.74) is -4.60. The number of hydrogen-bond donors (Lipinski definition) is 3. The van der Waals surface area contributed by atoms with Crippen LogP contribution in [0.25, 0.3) is 0 Å². The molecule has 3 aromatic rings. The summed E-state index contributed by atoms with van der Waals surface area (Å²) in [6.07, 6.45) is -10.8. The highest BCUT2D eigenvalue weighted by Gasteiger charge is 2.71. The number of carbonyl (C=O) groups is 3. The third-order valence-corrected chi connectivity index (χ3v) is 9.23. The standard InChI is InChI=1S/C20H16F6N2O6S.C9H9NOS/c1-35(33,34)13-6-7-14-10(8-13)9-28(17(30)31)15(14)16(29)27-12-4-2-11(3-5-12)18(32,19(21,22)23)20(24,25)26;1-12-10-6-7-4-2-3-5-8(7)9(10)11/h2-8,15,32H,9H2,1H3,(H,27,29)(H,30,31);2-5H,6H2,1H3. The van der Waals surface area contributed by atoms with Gasteiger partial charge in [-0.25, -0.2) is 13.2 Å². The van der Waals surface area contributed by atoms with E-state index in [0.717, 1.165) is 23.9 Å². The topological polar surface area (TPSA) is 144 Å². The predicted octanol–water partition coefficient (Wildman–Crippen LogP) is 5.50. The van der Waals surface area contributed by atoms with Crippen LogP contribution in [0, 0.1) is 0 Å². The molecular formula is C29H25F6N3O7S2. The Morgan fingerprint density at radius 3 is 2.02 bits per heavy atom. The first kappa shape index (κ1) is 35.6. The van der Waals surface area contributed by atoms with Crippen molar-refractivity contribution in [1.82, 2.24) is 9.21 Å². The van der Waals surface area contributed by atoms with E-state index in [0.29, 0.717) is 29.2 Å². The molecule has 2 heterocycles. The van der Waals surface area contributed by atoms with Crippen molar-refractivity contribution in [1.29, 1.82) is 0 Å². The van der Waals surface area contributed by atoms with Crippen LogP contribution >= 0.6 is 11.9 Å². The van der Waals surface area contributed by atoms with Crippen molar-refractivity contribution in [2.24, 2.45) is 0 Å². The third-order valence-electron chi connectivity index (χ3n) is 7.38. The number of halogens is 6. The van der Waals surface area contributed by atoms with E-state index in [2.05, 4.69) is 5.32 Å². The fourth-order valence-electron chi connectivity index (χ4n) is 4.99. The van der Waals surface area contributed by atoms with E-state index in [1.807, 2.05) is 30.5 Å². The number of nitrogens with one attached hydrogen (secondary N) is 1. The Labute approximate surface area is 268 Å². The van der Waals surface area contributed by atoms with E-state index in [4.69, 9.17) is 0 Å². The number of carboxylic acid groups (broad SMARTS) is 1. The number of anilines is 1. The molecule has 1 atom stereocenters. The van der Waals surface area contributed by atoms with Gasteiger partial charge in [0.2, 0.25) is 0 Å². The molecule has 1 unspecified atom stereocenters. The molecule has 3 amide bonds. The second-order valence-electron chi connectivity index (χ2n) is 10.4. The van der Waals surface area contributed by atoms with Gasteiger partial charge in [-0.3, -0.25) is 18.8 Å². The molecule has 3 N–H and O–H groups in total.